The van der Waals surface area contributed by atoms with E-state index in [1.807, 2.05) is 44.2 Å². The molecule has 3 rings (SSSR count). The van der Waals surface area contributed by atoms with Crippen molar-refractivity contribution in [2.75, 3.05) is 6.54 Å². The van der Waals surface area contributed by atoms with Gasteiger partial charge in [-0.25, -0.2) is 4.39 Å². The first kappa shape index (κ1) is 20.1. The van der Waals surface area contributed by atoms with Crippen LogP contribution in [-0.4, -0.2) is 12.6 Å². The Bertz CT molecular complexity index is 846. The van der Waals surface area contributed by atoms with Crippen LogP contribution in [0.5, 0.6) is 5.75 Å². The van der Waals surface area contributed by atoms with Gasteiger partial charge >= 0.3 is 0 Å². The Hall–Kier alpha value is -2.65. The van der Waals surface area contributed by atoms with E-state index in [2.05, 4.69) is 41.7 Å². The van der Waals surface area contributed by atoms with E-state index in [9.17, 15) is 4.39 Å². The summed E-state index contributed by atoms with van der Waals surface area (Å²) in [4.78, 5) is 0. The first-order valence-electron chi connectivity index (χ1n) is 10.00. The molecule has 0 radical (unpaired) electrons. The Morgan fingerprint density at radius 1 is 0.821 bits per heavy atom. The molecule has 0 aliphatic carbocycles. The molecular weight excluding hydrogens is 349 g/mol. The maximum atomic E-state index is 13.8. The second-order valence-electron chi connectivity index (χ2n) is 7.36. The van der Waals surface area contributed by atoms with Gasteiger partial charge < -0.3 is 10.1 Å². The molecule has 0 aliphatic heterocycles. The molecule has 0 aliphatic rings. The van der Waals surface area contributed by atoms with Crippen LogP contribution in [0.25, 0.3) is 0 Å². The van der Waals surface area contributed by atoms with Gasteiger partial charge in [0.1, 0.15) is 18.1 Å². The summed E-state index contributed by atoms with van der Waals surface area (Å²) in [6.07, 6.45) is 1.16. The van der Waals surface area contributed by atoms with E-state index in [-0.39, 0.29) is 11.9 Å². The topological polar surface area (TPSA) is 25.8 Å². The van der Waals surface area contributed by atoms with Crippen molar-refractivity contribution < 1.29 is 14.4 Å². The minimum absolute atomic E-state index is 0.126. The molecule has 0 saturated heterocycles. The number of nitrogens with two attached hydrogens (primary N) is 1. The van der Waals surface area contributed by atoms with E-state index in [1.54, 1.807) is 6.07 Å². The van der Waals surface area contributed by atoms with Crippen molar-refractivity contribution in [3.8, 4) is 5.75 Å². The molecule has 2 N–H and O–H groups in total. The fourth-order valence-corrected chi connectivity index (χ4v) is 3.47. The standard InChI is InChI=1S/C25H28FNO/c1-19(2)28-23-14-12-21(13-15-23)24(20-8-4-3-5-9-20)16-17-27-18-22-10-6-7-11-25(22)26/h3-15,19,24,27H,16-18H2,1-2H3/p+1/t24-/m0/s1. The van der Waals surface area contributed by atoms with E-state index < -0.39 is 0 Å². The Morgan fingerprint density at radius 3 is 2.14 bits per heavy atom. The molecular formula is C25H29FNO+. The van der Waals surface area contributed by atoms with Crippen molar-refractivity contribution in [2.45, 2.75) is 38.8 Å². The molecule has 146 valence electrons. The average molecular weight is 379 g/mol. The van der Waals surface area contributed by atoms with Crippen LogP contribution in [0.15, 0.2) is 78.9 Å². The first-order chi connectivity index (χ1) is 13.6. The van der Waals surface area contributed by atoms with Gasteiger partial charge in [0.05, 0.1) is 12.6 Å². The van der Waals surface area contributed by atoms with Crippen LogP contribution >= 0.6 is 0 Å². The summed E-state index contributed by atoms with van der Waals surface area (Å²) < 4.78 is 19.6. The third kappa shape index (κ3) is 5.67. The Labute approximate surface area is 167 Å². The van der Waals surface area contributed by atoms with Crippen LogP contribution in [0.1, 0.15) is 42.9 Å². The fraction of sp³-hybridized carbons (Fsp3) is 0.280. The Balaban J connectivity index is 1.67. The molecule has 28 heavy (non-hydrogen) atoms. The minimum Gasteiger partial charge on any atom is -0.491 e. The molecule has 3 aromatic carbocycles. The minimum atomic E-state index is -0.126. The third-order valence-corrected chi connectivity index (χ3v) is 4.84. The van der Waals surface area contributed by atoms with E-state index in [0.29, 0.717) is 12.5 Å². The monoisotopic (exact) mass is 378 g/mol. The maximum Gasteiger partial charge on any atom is 0.132 e. The highest BCUT2D eigenvalue weighted by Gasteiger charge is 2.15. The number of hydrogen-bond donors (Lipinski definition) is 1. The first-order valence-corrected chi connectivity index (χ1v) is 10.00. The summed E-state index contributed by atoms with van der Waals surface area (Å²) >= 11 is 0. The number of rotatable bonds is 9. The van der Waals surface area contributed by atoms with Gasteiger partial charge in [-0.1, -0.05) is 60.7 Å². The SMILES string of the molecule is CC(C)Oc1ccc([C@@H](CC[NH2+]Cc2ccccc2F)c2ccccc2)cc1. The van der Waals surface area contributed by atoms with Gasteiger partial charge in [-0.3, -0.25) is 0 Å². The zero-order valence-electron chi connectivity index (χ0n) is 16.6. The quantitative estimate of drug-likeness (QED) is 0.527. The summed E-state index contributed by atoms with van der Waals surface area (Å²) in [7, 11) is 0. The summed E-state index contributed by atoms with van der Waals surface area (Å²) in [5.41, 5.74) is 3.34. The second-order valence-corrected chi connectivity index (χ2v) is 7.36. The lowest BCUT2D eigenvalue weighted by atomic mass is 9.88. The number of hydrogen-bond acceptors (Lipinski definition) is 1. The zero-order chi connectivity index (χ0) is 19.8. The molecule has 0 saturated carbocycles. The molecule has 1 atom stereocenters. The van der Waals surface area contributed by atoms with Gasteiger partial charge in [0.15, 0.2) is 0 Å². The summed E-state index contributed by atoms with van der Waals surface area (Å²) in [5.74, 6) is 1.09. The van der Waals surface area contributed by atoms with E-state index in [4.69, 9.17) is 4.74 Å². The van der Waals surface area contributed by atoms with Crippen molar-refractivity contribution in [1.29, 1.82) is 0 Å². The van der Waals surface area contributed by atoms with Gasteiger partial charge in [0.25, 0.3) is 0 Å². The zero-order valence-corrected chi connectivity index (χ0v) is 16.6. The van der Waals surface area contributed by atoms with Crippen LogP contribution in [0.3, 0.4) is 0 Å². The van der Waals surface area contributed by atoms with E-state index in [0.717, 1.165) is 24.3 Å². The predicted molar refractivity (Wildman–Crippen MR) is 112 cm³/mol. The average Bonchev–Trinajstić information content (AvgIpc) is 2.70. The lowest BCUT2D eigenvalue weighted by Gasteiger charge is -2.18. The molecule has 2 nitrogen and oxygen atoms in total. The lowest BCUT2D eigenvalue weighted by Crippen LogP contribution is -2.82. The van der Waals surface area contributed by atoms with Gasteiger partial charge in [0, 0.05) is 17.9 Å². The van der Waals surface area contributed by atoms with Crippen molar-refractivity contribution in [3.05, 3.63) is 101 Å². The van der Waals surface area contributed by atoms with Crippen LogP contribution in [0.2, 0.25) is 0 Å². The normalized spacial score (nSPS) is 12.1. The van der Waals surface area contributed by atoms with Crippen LogP contribution in [-0.2, 0) is 6.54 Å². The summed E-state index contributed by atoms with van der Waals surface area (Å²) in [6.45, 7) is 5.66. The second kappa shape index (κ2) is 10.0. The molecule has 3 heteroatoms. The van der Waals surface area contributed by atoms with Crippen molar-refractivity contribution in [2.24, 2.45) is 0 Å². The summed E-state index contributed by atoms with van der Waals surface area (Å²) in [5, 5.41) is 2.19. The highest BCUT2D eigenvalue weighted by molar-refractivity contribution is 5.36. The van der Waals surface area contributed by atoms with Gasteiger partial charge in [-0.15, -0.1) is 0 Å². The molecule has 0 unspecified atom stereocenters. The van der Waals surface area contributed by atoms with Crippen LogP contribution in [0, 0.1) is 5.82 Å². The van der Waals surface area contributed by atoms with Crippen LogP contribution in [0.4, 0.5) is 4.39 Å². The third-order valence-electron chi connectivity index (χ3n) is 4.84. The van der Waals surface area contributed by atoms with Crippen molar-refractivity contribution in [3.63, 3.8) is 0 Å². The number of ether oxygens (including phenoxy) is 1. The molecule has 0 spiro atoms. The molecule has 3 aromatic rings. The lowest BCUT2D eigenvalue weighted by molar-refractivity contribution is -0.671. The predicted octanol–water partition coefficient (Wildman–Crippen LogP) is 4.90. The van der Waals surface area contributed by atoms with Gasteiger partial charge in [0.2, 0.25) is 0 Å². The highest BCUT2D eigenvalue weighted by Crippen LogP contribution is 2.29. The van der Waals surface area contributed by atoms with Gasteiger partial charge in [-0.2, -0.15) is 0 Å². The molecule has 0 fully saturated rings. The summed E-state index contributed by atoms with van der Waals surface area (Å²) in [6, 6.07) is 26.0. The highest BCUT2D eigenvalue weighted by atomic mass is 19.1. The van der Waals surface area contributed by atoms with E-state index in [1.165, 1.54) is 17.2 Å². The molecule has 0 amide bonds. The molecule has 0 aromatic heterocycles. The maximum absolute atomic E-state index is 13.8. The smallest absolute Gasteiger partial charge is 0.132 e. The number of benzene rings is 3. The van der Waals surface area contributed by atoms with Crippen molar-refractivity contribution in [1.82, 2.24) is 0 Å². The number of halogens is 1. The van der Waals surface area contributed by atoms with Gasteiger partial charge in [-0.05, 0) is 43.2 Å². The largest absolute Gasteiger partial charge is 0.491 e. The van der Waals surface area contributed by atoms with Crippen molar-refractivity contribution >= 4 is 0 Å². The molecule has 0 heterocycles. The van der Waals surface area contributed by atoms with E-state index >= 15 is 0 Å². The number of quaternary nitrogens is 1. The van der Waals surface area contributed by atoms with Crippen LogP contribution < -0.4 is 10.1 Å². The Morgan fingerprint density at radius 2 is 1.46 bits per heavy atom. The Kier molecular flexibility index (Phi) is 7.21. The molecule has 0 bridgehead atoms. The fourth-order valence-electron chi connectivity index (χ4n) is 3.47.